The first-order valence-corrected chi connectivity index (χ1v) is 9.78. The van der Waals surface area contributed by atoms with Gasteiger partial charge in [0.05, 0.1) is 11.7 Å². The van der Waals surface area contributed by atoms with Gasteiger partial charge in [-0.1, -0.05) is 77.5 Å². The molecule has 0 atom stereocenters. The molecule has 0 saturated carbocycles. The fourth-order valence-corrected chi connectivity index (χ4v) is 3.67. The van der Waals surface area contributed by atoms with Gasteiger partial charge in [0, 0.05) is 5.02 Å². The molecule has 0 radical (unpaired) electrons. The maximum atomic E-state index is 13.4. The summed E-state index contributed by atoms with van der Waals surface area (Å²) in [4.78, 5) is 17.9. The summed E-state index contributed by atoms with van der Waals surface area (Å²) in [5.74, 6) is 0. The lowest BCUT2D eigenvalue weighted by Crippen LogP contribution is -2.27. The van der Waals surface area contributed by atoms with Gasteiger partial charge < -0.3 is 0 Å². The number of fused-ring (bicyclic) bond motifs is 1. The molecule has 7 heteroatoms. The van der Waals surface area contributed by atoms with Crippen LogP contribution in [-0.4, -0.2) is 24.5 Å². The molecule has 0 aliphatic rings. The van der Waals surface area contributed by atoms with Crippen molar-refractivity contribution in [1.82, 2.24) is 24.5 Å². The van der Waals surface area contributed by atoms with E-state index in [0.29, 0.717) is 10.7 Å². The Morgan fingerprint density at radius 2 is 1.40 bits per heavy atom. The van der Waals surface area contributed by atoms with Gasteiger partial charge in [-0.05, 0) is 35.4 Å². The maximum Gasteiger partial charge on any atom is 0.284 e. The second kappa shape index (κ2) is 7.57. The van der Waals surface area contributed by atoms with Crippen LogP contribution in [0.1, 0.15) is 17.2 Å². The number of hydrogen-bond donors (Lipinski definition) is 0. The maximum absolute atomic E-state index is 13.4. The van der Waals surface area contributed by atoms with Gasteiger partial charge in [-0.25, -0.2) is 4.98 Å². The highest BCUT2D eigenvalue weighted by Crippen LogP contribution is 2.25. The molecule has 0 fully saturated rings. The zero-order chi connectivity index (χ0) is 20.5. The molecule has 2 aromatic heterocycles. The Hall–Kier alpha value is -3.77. The summed E-state index contributed by atoms with van der Waals surface area (Å²) >= 11 is 5.97. The van der Waals surface area contributed by atoms with Crippen LogP contribution in [0, 0.1) is 0 Å². The summed E-state index contributed by atoms with van der Waals surface area (Å²) in [7, 11) is 0. The van der Waals surface area contributed by atoms with E-state index in [-0.39, 0.29) is 17.1 Å². The van der Waals surface area contributed by atoms with Crippen LogP contribution in [0.4, 0.5) is 0 Å². The molecule has 0 aliphatic carbocycles. The third kappa shape index (κ3) is 3.17. The van der Waals surface area contributed by atoms with Crippen LogP contribution in [0.2, 0.25) is 5.02 Å². The first-order chi connectivity index (χ1) is 14.7. The molecule has 0 N–H and O–H groups in total. The molecule has 146 valence electrons. The highest BCUT2D eigenvalue weighted by atomic mass is 35.5. The van der Waals surface area contributed by atoms with Gasteiger partial charge in [0.15, 0.2) is 11.2 Å². The van der Waals surface area contributed by atoms with E-state index in [2.05, 4.69) is 15.3 Å². The number of aromatic nitrogens is 5. The van der Waals surface area contributed by atoms with E-state index in [1.807, 2.05) is 60.7 Å². The normalized spacial score (nSPS) is 11.3. The highest BCUT2D eigenvalue weighted by Gasteiger charge is 2.21. The first kappa shape index (κ1) is 18.3. The summed E-state index contributed by atoms with van der Waals surface area (Å²) in [5.41, 5.74) is 3.06. The van der Waals surface area contributed by atoms with Crippen LogP contribution >= 0.6 is 11.6 Å². The zero-order valence-electron chi connectivity index (χ0n) is 15.8. The summed E-state index contributed by atoms with van der Waals surface area (Å²) in [6, 6.07) is 26.5. The van der Waals surface area contributed by atoms with Crippen molar-refractivity contribution in [3.63, 3.8) is 0 Å². The third-order valence-electron chi connectivity index (χ3n) is 4.97. The lowest BCUT2D eigenvalue weighted by molar-refractivity contribution is 0.642. The molecule has 0 aliphatic heterocycles. The number of benzene rings is 3. The molecule has 3 aromatic carbocycles. The Balaban J connectivity index is 1.69. The molecule has 2 heterocycles. The van der Waals surface area contributed by atoms with Crippen molar-refractivity contribution in [2.75, 3.05) is 0 Å². The standard InChI is InChI=1S/C23H16ClN5O/c24-18-11-13-19(14-12-18)29-22-20(26-27-29)23(30)28(15-25-22)21(16-7-3-1-4-8-16)17-9-5-2-6-10-17/h1-15,21H. The van der Waals surface area contributed by atoms with Crippen LogP contribution < -0.4 is 5.56 Å². The molecule has 0 saturated heterocycles. The van der Waals surface area contributed by atoms with Crippen LogP contribution in [-0.2, 0) is 0 Å². The van der Waals surface area contributed by atoms with Gasteiger partial charge in [0.2, 0.25) is 0 Å². The summed E-state index contributed by atoms with van der Waals surface area (Å²) in [6.07, 6.45) is 1.56. The number of halogens is 1. The number of hydrogen-bond acceptors (Lipinski definition) is 4. The second-order valence-electron chi connectivity index (χ2n) is 6.83. The molecule has 30 heavy (non-hydrogen) atoms. The van der Waals surface area contributed by atoms with Gasteiger partial charge in [-0.3, -0.25) is 9.36 Å². The van der Waals surface area contributed by atoms with Gasteiger partial charge >= 0.3 is 0 Å². The van der Waals surface area contributed by atoms with Crippen LogP contribution in [0.3, 0.4) is 0 Å². The lowest BCUT2D eigenvalue weighted by atomic mass is 9.98. The number of rotatable bonds is 4. The quantitative estimate of drug-likeness (QED) is 0.441. The van der Waals surface area contributed by atoms with Crippen molar-refractivity contribution in [2.45, 2.75) is 6.04 Å². The lowest BCUT2D eigenvalue weighted by Gasteiger charge is -2.20. The minimum absolute atomic E-state index is 0.212. The zero-order valence-corrected chi connectivity index (χ0v) is 16.5. The Kier molecular flexibility index (Phi) is 4.61. The minimum Gasteiger partial charge on any atom is -0.285 e. The van der Waals surface area contributed by atoms with Crippen molar-refractivity contribution in [3.8, 4) is 5.69 Å². The topological polar surface area (TPSA) is 65.6 Å². The minimum atomic E-state index is -0.322. The Labute approximate surface area is 177 Å². The Morgan fingerprint density at radius 1 is 0.800 bits per heavy atom. The largest absolute Gasteiger partial charge is 0.285 e. The third-order valence-corrected chi connectivity index (χ3v) is 5.22. The fraction of sp³-hybridized carbons (Fsp3) is 0.0435. The summed E-state index contributed by atoms with van der Waals surface area (Å²) < 4.78 is 3.14. The van der Waals surface area contributed by atoms with Crippen molar-refractivity contribution >= 4 is 22.8 Å². The van der Waals surface area contributed by atoms with Crippen molar-refractivity contribution in [1.29, 1.82) is 0 Å². The van der Waals surface area contributed by atoms with Crippen molar-refractivity contribution < 1.29 is 0 Å². The molecule has 0 spiro atoms. The SMILES string of the molecule is O=c1c2nnn(-c3ccc(Cl)cc3)c2ncn1C(c1ccccc1)c1ccccc1. The van der Waals surface area contributed by atoms with E-state index in [1.54, 1.807) is 35.2 Å². The predicted molar refractivity (Wildman–Crippen MR) is 116 cm³/mol. The molecule has 0 unspecified atom stereocenters. The second-order valence-corrected chi connectivity index (χ2v) is 7.27. The fourth-order valence-electron chi connectivity index (χ4n) is 3.55. The van der Waals surface area contributed by atoms with Gasteiger partial charge in [-0.2, -0.15) is 4.68 Å². The molecule has 0 bridgehead atoms. The number of nitrogens with zero attached hydrogens (tertiary/aromatic N) is 5. The molecular weight excluding hydrogens is 398 g/mol. The summed E-state index contributed by atoms with van der Waals surface area (Å²) in [5, 5.41) is 8.90. The monoisotopic (exact) mass is 413 g/mol. The molecule has 5 aromatic rings. The first-order valence-electron chi connectivity index (χ1n) is 9.41. The molecule has 5 rings (SSSR count). The van der Waals surface area contributed by atoms with Crippen LogP contribution in [0.15, 0.2) is 96.1 Å². The average molecular weight is 414 g/mol. The van der Waals surface area contributed by atoms with E-state index in [1.165, 1.54) is 4.68 Å². The van der Waals surface area contributed by atoms with Crippen molar-refractivity contribution in [3.05, 3.63) is 118 Å². The molecular formula is C23H16ClN5O. The van der Waals surface area contributed by atoms with E-state index in [4.69, 9.17) is 11.6 Å². The molecule has 6 nitrogen and oxygen atoms in total. The Bertz CT molecular complexity index is 1320. The van der Waals surface area contributed by atoms with Gasteiger partial charge in [0.25, 0.3) is 5.56 Å². The van der Waals surface area contributed by atoms with E-state index < -0.39 is 0 Å². The average Bonchev–Trinajstić information content (AvgIpc) is 3.23. The van der Waals surface area contributed by atoms with E-state index in [0.717, 1.165) is 16.8 Å². The van der Waals surface area contributed by atoms with E-state index in [9.17, 15) is 4.79 Å². The van der Waals surface area contributed by atoms with Gasteiger partial charge in [-0.15, -0.1) is 5.10 Å². The predicted octanol–water partition coefficient (Wildman–Crippen LogP) is 4.27. The van der Waals surface area contributed by atoms with Crippen LogP contribution in [0.25, 0.3) is 16.9 Å². The summed E-state index contributed by atoms with van der Waals surface area (Å²) in [6.45, 7) is 0. The Morgan fingerprint density at radius 3 is 2.00 bits per heavy atom. The smallest absolute Gasteiger partial charge is 0.284 e. The van der Waals surface area contributed by atoms with Gasteiger partial charge in [0.1, 0.15) is 6.33 Å². The highest BCUT2D eigenvalue weighted by molar-refractivity contribution is 6.30. The van der Waals surface area contributed by atoms with E-state index >= 15 is 0 Å². The molecule has 0 amide bonds. The van der Waals surface area contributed by atoms with Crippen molar-refractivity contribution in [2.24, 2.45) is 0 Å². The van der Waals surface area contributed by atoms with Crippen LogP contribution in [0.5, 0.6) is 0 Å².